The Morgan fingerprint density at radius 1 is 1.32 bits per heavy atom. The molecule has 0 saturated heterocycles. The van der Waals surface area contributed by atoms with E-state index in [9.17, 15) is 20.0 Å². The summed E-state index contributed by atoms with van der Waals surface area (Å²) in [6, 6.07) is 6.83. The number of hydrogen-bond donors (Lipinski definition) is 1. The van der Waals surface area contributed by atoms with Crippen molar-refractivity contribution in [1.29, 1.82) is 5.26 Å². The first-order valence-electron chi connectivity index (χ1n) is 9.30. The summed E-state index contributed by atoms with van der Waals surface area (Å²) < 4.78 is 7.46. The Bertz CT molecular complexity index is 980. The molecular formula is C21H27N3O4. The number of fused-ring (bicyclic) bond motifs is 1. The van der Waals surface area contributed by atoms with Crippen molar-refractivity contribution < 1.29 is 14.6 Å². The van der Waals surface area contributed by atoms with E-state index < -0.39 is 6.09 Å². The van der Waals surface area contributed by atoms with Crippen molar-refractivity contribution >= 4 is 22.7 Å². The Hall–Kier alpha value is -3.01. The number of benzene rings is 1. The molecule has 7 heteroatoms. The minimum atomic E-state index is -1.20. The number of nitriles is 1. The second-order valence-electron chi connectivity index (χ2n) is 8.02. The lowest BCUT2D eigenvalue weighted by atomic mass is 9.96. The summed E-state index contributed by atoms with van der Waals surface area (Å²) in [6.07, 6.45) is 0.499. The van der Waals surface area contributed by atoms with Gasteiger partial charge in [-0.05, 0) is 30.0 Å². The number of rotatable bonds is 6. The highest BCUT2D eigenvalue weighted by molar-refractivity contribution is 5.97. The van der Waals surface area contributed by atoms with Gasteiger partial charge in [-0.15, -0.1) is 0 Å². The monoisotopic (exact) mass is 385 g/mol. The average Bonchev–Trinajstić information content (AvgIpc) is 2.63. The highest BCUT2D eigenvalue weighted by Crippen LogP contribution is 2.36. The van der Waals surface area contributed by atoms with Crippen LogP contribution in [0.3, 0.4) is 0 Å². The van der Waals surface area contributed by atoms with Crippen LogP contribution in [0.4, 0.5) is 10.6 Å². The molecule has 0 bridgehead atoms. The van der Waals surface area contributed by atoms with Gasteiger partial charge in [0.05, 0.1) is 23.6 Å². The molecule has 2 aromatic rings. The van der Waals surface area contributed by atoms with Crippen molar-refractivity contribution in [1.82, 2.24) is 4.57 Å². The molecule has 28 heavy (non-hydrogen) atoms. The van der Waals surface area contributed by atoms with Crippen molar-refractivity contribution in [3.8, 4) is 11.8 Å². The largest absolute Gasteiger partial charge is 0.489 e. The molecule has 1 heterocycles. The zero-order chi connectivity index (χ0) is 21.1. The maximum Gasteiger partial charge on any atom is 0.412 e. The molecule has 7 nitrogen and oxygen atoms in total. The summed E-state index contributed by atoms with van der Waals surface area (Å²) in [5.74, 6) is 0.500. The normalized spacial score (nSPS) is 11.3. The van der Waals surface area contributed by atoms with Gasteiger partial charge < -0.3 is 9.84 Å². The number of carboxylic acid groups (broad SMARTS) is 1. The zero-order valence-electron chi connectivity index (χ0n) is 17.1. The molecule has 0 radical (unpaired) electrons. The lowest BCUT2D eigenvalue weighted by Gasteiger charge is -2.28. The van der Waals surface area contributed by atoms with Gasteiger partial charge >= 0.3 is 6.09 Å². The van der Waals surface area contributed by atoms with E-state index >= 15 is 0 Å². The Kier molecular flexibility index (Phi) is 6.34. The highest BCUT2D eigenvalue weighted by atomic mass is 16.5. The number of hydrogen-bond acceptors (Lipinski definition) is 4. The molecule has 0 aliphatic rings. The fourth-order valence-electron chi connectivity index (χ4n) is 2.98. The van der Waals surface area contributed by atoms with Gasteiger partial charge in [0.15, 0.2) is 11.6 Å². The third kappa shape index (κ3) is 4.45. The van der Waals surface area contributed by atoms with Gasteiger partial charge in [0.2, 0.25) is 0 Å². The van der Waals surface area contributed by atoms with Crippen molar-refractivity contribution in [3.63, 3.8) is 0 Å². The highest BCUT2D eigenvalue weighted by Gasteiger charge is 2.27. The third-order valence-electron chi connectivity index (χ3n) is 4.31. The van der Waals surface area contributed by atoms with Crippen molar-refractivity contribution in [2.45, 2.75) is 47.1 Å². The van der Waals surface area contributed by atoms with Crippen LogP contribution in [-0.4, -0.2) is 29.4 Å². The number of carbonyl (C=O) groups is 1. The number of nitrogens with zero attached hydrogens (tertiary/aromatic N) is 3. The molecule has 0 saturated carbocycles. The van der Waals surface area contributed by atoms with E-state index in [4.69, 9.17) is 4.74 Å². The van der Waals surface area contributed by atoms with Gasteiger partial charge in [-0.1, -0.05) is 34.1 Å². The molecule has 0 fully saturated rings. The van der Waals surface area contributed by atoms with Crippen LogP contribution in [0.5, 0.6) is 5.75 Å². The second kappa shape index (κ2) is 8.34. The van der Waals surface area contributed by atoms with Gasteiger partial charge in [-0.3, -0.25) is 14.3 Å². The minimum absolute atomic E-state index is 0.186. The van der Waals surface area contributed by atoms with E-state index in [-0.39, 0.29) is 16.8 Å². The van der Waals surface area contributed by atoms with Crippen LogP contribution < -0.4 is 15.2 Å². The first kappa shape index (κ1) is 21.3. The van der Waals surface area contributed by atoms with E-state index in [2.05, 4.69) is 6.07 Å². The summed E-state index contributed by atoms with van der Waals surface area (Å²) in [5, 5.41) is 19.7. The van der Waals surface area contributed by atoms with E-state index in [1.165, 1.54) is 11.6 Å². The van der Waals surface area contributed by atoms with Crippen LogP contribution in [0.15, 0.2) is 23.0 Å². The molecule has 0 spiro atoms. The standard InChI is InChI=1S/C21H27N3O4/c1-6-7-10-28-17-16-11-14(12-22)8-9-15(16)19(25)24(13-21(2,3)4)18(17)23(5)20(26)27/h8-9,11H,6-7,10,13H2,1-5H3,(H,26,27). The fourth-order valence-corrected chi connectivity index (χ4v) is 2.98. The number of amides is 1. The molecule has 0 atom stereocenters. The van der Waals surface area contributed by atoms with Crippen LogP contribution in [0, 0.1) is 16.7 Å². The SMILES string of the molecule is CCCCOc1c(N(C)C(=O)O)n(CC(C)(C)C)c(=O)c2ccc(C#N)cc12. The number of pyridine rings is 1. The minimum Gasteiger partial charge on any atom is -0.489 e. The lowest BCUT2D eigenvalue weighted by molar-refractivity contribution is 0.202. The topological polar surface area (TPSA) is 95.6 Å². The molecule has 0 aliphatic heterocycles. The quantitative estimate of drug-likeness (QED) is 0.752. The summed E-state index contributed by atoms with van der Waals surface area (Å²) in [6.45, 7) is 8.66. The first-order chi connectivity index (χ1) is 13.1. The number of unbranched alkanes of at least 4 members (excludes halogenated alkanes) is 1. The summed E-state index contributed by atoms with van der Waals surface area (Å²) in [4.78, 5) is 26.0. The number of ether oxygens (including phenoxy) is 1. The van der Waals surface area contributed by atoms with Gasteiger partial charge in [0.25, 0.3) is 5.56 Å². The van der Waals surface area contributed by atoms with Crippen LogP contribution in [0.25, 0.3) is 10.8 Å². The van der Waals surface area contributed by atoms with Gasteiger partial charge in [0.1, 0.15) is 0 Å². The molecular weight excluding hydrogens is 358 g/mol. The molecule has 0 unspecified atom stereocenters. The third-order valence-corrected chi connectivity index (χ3v) is 4.31. The van der Waals surface area contributed by atoms with Crippen LogP contribution in [0.2, 0.25) is 0 Å². The van der Waals surface area contributed by atoms with Gasteiger partial charge in [-0.25, -0.2) is 4.79 Å². The van der Waals surface area contributed by atoms with Crippen molar-refractivity contribution in [2.75, 3.05) is 18.6 Å². The van der Waals surface area contributed by atoms with Gasteiger partial charge in [0, 0.05) is 19.0 Å². The maximum atomic E-state index is 13.2. The first-order valence-corrected chi connectivity index (χ1v) is 9.30. The van der Waals surface area contributed by atoms with Crippen molar-refractivity contribution in [2.24, 2.45) is 5.41 Å². The summed E-state index contributed by atoms with van der Waals surface area (Å²) in [5.41, 5.74) is -0.191. The maximum absolute atomic E-state index is 13.2. The van der Waals surface area contributed by atoms with Crippen LogP contribution >= 0.6 is 0 Å². The lowest BCUT2D eigenvalue weighted by Crippen LogP contribution is -2.35. The molecule has 1 aromatic heterocycles. The van der Waals surface area contributed by atoms with Crippen LogP contribution in [-0.2, 0) is 6.54 Å². The zero-order valence-corrected chi connectivity index (χ0v) is 17.1. The smallest absolute Gasteiger partial charge is 0.412 e. The molecule has 1 N–H and O–H groups in total. The number of anilines is 1. The van der Waals surface area contributed by atoms with Crippen molar-refractivity contribution in [3.05, 3.63) is 34.1 Å². The van der Waals surface area contributed by atoms with Crippen LogP contribution in [0.1, 0.15) is 46.1 Å². The van der Waals surface area contributed by atoms with E-state index in [0.29, 0.717) is 35.2 Å². The molecule has 2 rings (SSSR count). The molecule has 1 amide bonds. The predicted molar refractivity (Wildman–Crippen MR) is 109 cm³/mol. The second-order valence-corrected chi connectivity index (χ2v) is 8.02. The van der Waals surface area contributed by atoms with Gasteiger partial charge in [-0.2, -0.15) is 5.26 Å². The molecule has 1 aromatic carbocycles. The average molecular weight is 385 g/mol. The summed E-state index contributed by atoms with van der Waals surface area (Å²) >= 11 is 0. The van der Waals surface area contributed by atoms with E-state index in [1.807, 2.05) is 27.7 Å². The van der Waals surface area contributed by atoms with E-state index in [1.54, 1.807) is 18.2 Å². The molecule has 150 valence electrons. The predicted octanol–water partition coefficient (Wildman–Crippen LogP) is 4.21. The fraction of sp³-hybridized carbons (Fsp3) is 0.476. The Balaban J connectivity index is 2.93. The summed E-state index contributed by atoms with van der Waals surface area (Å²) in [7, 11) is 1.39. The number of aromatic nitrogens is 1. The Morgan fingerprint density at radius 2 is 2.00 bits per heavy atom. The molecule has 0 aliphatic carbocycles. The Labute approximate surface area is 164 Å². The Morgan fingerprint density at radius 3 is 2.54 bits per heavy atom. The van der Waals surface area contributed by atoms with E-state index in [0.717, 1.165) is 17.7 Å².